The molecule has 4 heterocycles. The van der Waals surface area contributed by atoms with Crippen molar-refractivity contribution in [3.05, 3.63) is 48.3 Å². The number of nitrogens with zero attached hydrogens (tertiary/aromatic N) is 5. The van der Waals surface area contributed by atoms with Crippen LogP contribution in [-0.2, 0) is 20.5 Å². The normalized spacial score (nSPS) is 22.4. The van der Waals surface area contributed by atoms with Gasteiger partial charge in [0.15, 0.2) is 14.1 Å². The van der Waals surface area contributed by atoms with E-state index >= 15 is 0 Å². The largest absolute Gasteiger partial charge is 0.444 e. The maximum atomic E-state index is 12.5. The first kappa shape index (κ1) is 33.1. The molecule has 2 atom stereocenters. The van der Waals surface area contributed by atoms with Gasteiger partial charge in [0.1, 0.15) is 12.2 Å². The highest BCUT2D eigenvalue weighted by Gasteiger charge is 2.48. The first-order valence-electron chi connectivity index (χ1n) is 17.2. The molecule has 3 aromatic rings. The van der Waals surface area contributed by atoms with Crippen LogP contribution in [0.5, 0.6) is 0 Å². The van der Waals surface area contributed by atoms with Gasteiger partial charge in [0.25, 0.3) is 0 Å². The Labute approximate surface area is 275 Å². The molecule has 250 valence electrons. The molecule has 10 heteroatoms. The molecule has 3 aromatic heterocycles. The number of carbonyl (C=O) groups excluding carboxylic acids is 1. The number of amides is 1. The highest BCUT2D eigenvalue weighted by molar-refractivity contribution is 6.74. The maximum Gasteiger partial charge on any atom is 0.410 e. The second-order valence-corrected chi connectivity index (χ2v) is 21.3. The SMILES string of the molecule is CC(C)(C)OC(=O)N1CC2(CCC(c3cnn4ccc(-c5cnc(CO[C@H]6CCC[C@@H]6O[Si](C)(C)C(C)(C)C)nc5)cc34)CC2)C1. The van der Waals surface area contributed by atoms with Crippen LogP contribution in [0.4, 0.5) is 4.79 Å². The molecule has 3 aliphatic rings. The van der Waals surface area contributed by atoms with Gasteiger partial charge in [0.2, 0.25) is 0 Å². The summed E-state index contributed by atoms with van der Waals surface area (Å²) in [6.45, 7) is 19.3. The Bertz CT molecular complexity index is 1520. The lowest BCUT2D eigenvalue weighted by Gasteiger charge is -2.53. The van der Waals surface area contributed by atoms with E-state index in [2.05, 4.69) is 61.1 Å². The van der Waals surface area contributed by atoms with E-state index < -0.39 is 13.9 Å². The number of pyridine rings is 1. The Kier molecular flexibility index (Phi) is 8.87. The number of ether oxygens (including phenoxy) is 2. The summed E-state index contributed by atoms with van der Waals surface area (Å²) in [6, 6.07) is 4.30. The van der Waals surface area contributed by atoms with E-state index in [0.29, 0.717) is 18.3 Å². The van der Waals surface area contributed by atoms with E-state index in [4.69, 9.17) is 13.9 Å². The average Bonchev–Trinajstić information content (AvgIpc) is 3.59. The fraction of sp³-hybridized carbons (Fsp3) is 0.667. The van der Waals surface area contributed by atoms with Gasteiger partial charge in [-0.05, 0) is 107 Å². The molecule has 0 N–H and O–H groups in total. The predicted molar refractivity (Wildman–Crippen MR) is 182 cm³/mol. The van der Waals surface area contributed by atoms with Crippen molar-refractivity contribution in [2.24, 2.45) is 5.41 Å². The van der Waals surface area contributed by atoms with E-state index in [9.17, 15) is 4.79 Å². The lowest BCUT2D eigenvalue weighted by molar-refractivity contribution is -0.0505. The van der Waals surface area contributed by atoms with Crippen molar-refractivity contribution in [2.45, 2.75) is 135 Å². The summed E-state index contributed by atoms with van der Waals surface area (Å²) in [5, 5.41) is 4.86. The molecule has 0 radical (unpaired) electrons. The smallest absolute Gasteiger partial charge is 0.410 e. The quantitative estimate of drug-likeness (QED) is 0.239. The lowest BCUT2D eigenvalue weighted by Crippen LogP contribution is -2.60. The summed E-state index contributed by atoms with van der Waals surface area (Å²) >= 11 is 0. The Hall–Kier alpha value is -2.82. The number of carbonyl (C=O) groups is 1. The highest BCUT2D eigenvalue weighted by atomic mass is 28.4. The molecule has 3 fully saturated rings. The Balaban J connectivity index is 1.05. The minimum Gasteiger partial charge on any atom is -0.444 e. The van der Waals surface area contributed by atoms with Gasteiger partial charge in [-0.3, -0.25) is 0 Å². The summed E-state index contributed by atoms with van der Waals surface area (Å²) in [7, 11) is -1.85. The molecule has 1 spiro atoms. The second kappa shape index (κ2) is 12.3. The third-order valence-electron chi connectivity index (χ3n) is 10.9. The van der Waals surface area contributed by atoms with Crippen molar-refractivity contribution in [2.75, 3.05) is 13.1 Å². The molecule has 46 heavy (non-hydrogen) atoms. The van der Waals surface area contributed by atoms with Crippen LogP contribution in [0.25, 0.3) is 16.6 Å². The van der Waals surface area contributed by atoms with Crippen molar-refractivity contribution in [1.82, 2.24) is 24.5 Å². The highest BCUT2D eigenvalue weighted by Crippen LogP contribution is 2.49. The number of hydrogen-bond donors (Lipinski definition) is 0. The molecule has 1 aliphatic heterocycles. The lowest BCUT2D eigenvalue weighted by atomic mass is 9.65. The molecular weight excluding hydrogens is 595 g/mol. The van der Waals surface area contributed by atoms with Crippen LogP contribution >= 0.6 is 0 Å². The Morgan fingerprint density at radius 1 is 0.957 bits per heavy atom. The minimum absolute atomic E-state index is 0.1000. The van der Waals surface area contributed by atoms with Crippen molar-refractivity contribution in [1.29, 1.82) is 0 Å². The summed E-state index contributed by atoms with van der Waals surface area (Å²) in [5.74, 6) is 1.16. The van der Waals surface area contributed by atoms with E-state index in [1.54, 1.807) is 0 Å². The van der Waals surface area contributed by atoms with Crippen LogP contribution in [0.2, 0.25) is 18.1 Å². The van der Waals surface area contributed by atoms with Crippen molar-refractivity contribution in [3.63, 3.8) is 0 Å². The van der Waals surface area contributed by atoms with Crippen LogP contribution < -0.4 is 0 Å². The summed E-state index contributed by atoms with van der Waals surface area (Å²) < 4.78 is 20.6. The van der Waals surface area contributed by atoms with Crippen molar-refractivity contribution < 1.29 is 18.7 Å². The number of rotatable bonds is 7. The molecule has 1 saturated heterocycles. The molecule has 1 amide bonds. The van der Waals surface area contributed by atoms with Crippen LogP contribution in [0.15, 0.2) is 36.9 Å². The van der Waals surface area contributed by atoms with Crippen LogP contribution in [0, 0.1) is 5.41 Å². The van der Waals surface area contributed by atoms with E-state index in [1.807, 2.05) is 55.0 Å². The van der Waals surface area contributed by atoms with E-state index in [0.717, 1.165) is 74.7 Å². The second-order valence-electron chi connectivity index (χ2n) is 16.5. The van der Waals surface area contributed by atoms with E-state index in [-0.39, 0.29) is 28.8 Å². The number of hydrogen-bond acceptors (Lipinski definition) is 7. The third-order valence-corrected chi connectivity index (χ3v) is 15.4. The zero-order chi connectivity index (χ0) is 32.9. The topological polar surface area (TPSA) is 91.1 Å². The number of likely N-dealkylation sites (tertiary alicyclic amines) is 1. The molecular formula is C36H53N5O4Si. The van der Waals surface area contributed by atoms with Gasteiger partial charge in [0, 0.05) is 48.2 Å². The van der Waals surface area contributed by atoms with Crippen LogP contribution in [-0.4, -0.2) is 69.8 Å². The first-order valence-corrected chi connectivity index (χ1v) is 20.1. The molecule has 6 rings (SSSR count). The minimum atomic E-state index is -1.85. The standard InChI is InChI=1S/C36H53N5O4Si/c1-34(2,3)44-33(42)40-23-36(24-40)15-12-25(13-16-36)28-21-39-41-17-14-26(18-29(28)41)27-19-37-32(38-20-27)22-43-30-10-9-11-31(30)45-46(7,8)35(4,5)6/h14,17-21,25,30-31H,9-13,15-16,22-24H2,1-8H3/t30-,31-/m0/s1. The molecule has 9 nitrogen and oxygen atoms in total. The van der Waals surface area contributed by atoms with Gasteiger partial charge in [-0.15, -0.1) is 0 Å². The monoisotopic (exact) mass is 647 g/mol. The maximum absolute atomic E-state index is 12.5. The van der Waals surface area contributed by atoms with Crippen molar-refractivity contribution in [3.8, 4) is 11.1 Å². The van der Waals surface area contributed by atoms with E-state index in [1.165, 1.54) is 5.56 Å². The van der Waals surface area contributed by atoms with Gasteiger partial charge in [0.05, 0.1) is 23.9 Å². The molecule has 0 unspecified atom stereocenters. The molecule has 2 aliphatic carbocycles. The molecule has 0 bridgehead atoms. The van der Waals surface area contributed by atoms with Gasteiger partial charge < -0.3 is 18.8 Å². The van der Waals surface area contributed by atoms with Crippen molar-refractivity contribution >= 4 is 19.9 Å². The third kappa shape index (κ3) is 7.04. The average molecular weight is 648 g/mol. The summed E-state index contributed by atoms with van der Waals surface area (Å²) in [6.07, 6.45) is 15.6. The fourth-order valence-electron chi connectivity index (χ4n) is 7.10. The predicted octanol–water partition coefficient (Wildman–Crippen LogP) is 8.15. The van der Waals surface area contributed by atoms with Gasteiger partial charge in [-0.2, -0.15) is 5.10 Å². The zero-order valence-electron chi connectivity index (χ0n) is 29.1. The number of fused-ring (bicyclic) bond motifs is 1. The summed E-state index contributed by atoms with van der Waals surface area (Å²) in [4.78, 5) is 23.7. The fourth-order valence-corrected chi connectivity index (χ4v) is 8.48. The number of aromatic nitrogens is 4. The van der Waals surface area contributed by atoms with Gasteiger partial charge in [-0.1, -0.05) is 20.8 Å². The molecule has 2 saturated carbocycles. The Morgan fingerprint density at radius 2 is 1.63 bits per heavy atom. The van der Waals surface area contributed by atoms with Crippen LogP contribution in [0.3, 0.4) is 0 Å². The van der Waals surface area contributed by atoms with Crippen LogP contribution in [0.1, 0.15) is 104 Å². The first-order chi connectivity index (χ1) is 21.6. The summed E-state index contributed by atoms with van der Waals surface area (Å²) in [5.41, 5.74) is 4.29. The Morgan fingerprint density at radius 3 is 2.28 bits per heavy atom. The molecule has 0 aromatic carbocycles. The van der Waals surface area contributed by atoms with Gasteiger partial charge in [-0.25, -0.2) is 19.3 Å². The zero-order valence-corrected chi connectivity index (χ0v) is 30.1. The van der Waals surface area contributed by atoms with Gasteiger partial charge >= 0.3 is 6.09 Å².